The lowest BCUT2D eigenvalue weighted by atomic mass is 10.2. The van der Waals surface area contributed by atoms with Crippen LogP contribution in [-0.2, 0) is 14.8 Å². The summed E-state index contributed by atoms with van der Waals surface area (Å²) < 4.78 is 33.9. The second-order valence-electron chi connectivity index (χ2n) is 7.58. The van der Waals surface area contributed by atoms with Crippen LogP contribution in [0.4, 0.5) is 5.82 Å². The van der Waals surface area contributed by atoms with Crippen molar-refractivity contribution >= 4 is 21.8 Å². The quantitative estimate of drug-likeness (QED) is 0.261. The first kappa shape index (κ1) is 25.7. The number of carboxylic acid groups (broad SMARTS) is 1. The van der Waals surface area contributed by atoms with Crippen LogP contribution in [0.1, 0.15) is 24.8 Å². The third-order valence-corrected chi connectivity index (χ3v) is 6.24. The normalized spacial score (nSPS) is 11.7. The van der Waals surface area contributed by atoms with Crippen LogP contribution >= 0.6 is 0 Å². The van der Waals surface area contributed by atoms with Crippen molar-refractivity contribution in [3.8, 4) is 17.6 Å². The maximum Gasteiger partial charge on any atom is 0.305 e. The van der Waals surface area contributed by atoms with Crippen molar-refractivity contribution in [2.75, 3.05) is 18.5 Å². The zero-order chi connectivity index (χ0) is 24.9. The zero-order valence-corrected chi connectivity index (χ0v) is 19.9. The molecule has 0 fully saturated rings. The molecular formula is C26H27N3O5S. The molecule has 0 aliphatic carbocycles. The summed E-state index contributed by atoms with van der Waals surface area (Å²) in [4.78, 5) is 15.4. The SMILES string of the molecule is O=C(O)C[C@@H](C#Cc1ccccc1)NS(=O)(=O)c1cccc(OCCCCNc2ccccn2)c1. The summed E-state index contributed by atoms with van der Waals surface area (Å²) >= 11 is 0. The van der Waals surface area contributed by atoms with Crippen LogP contribution in [0.15, 0.2) is 83.9 Å². The van der Waals surface area contributed by atoms with Crippen molar-refractivity contribution in [3.63, 3.8) is 0 Å². The van der Waals surface area contributed by atoms with E-state index in [9.17, 15) is 18.3 Å². The number of unbranched alkanes of at least 4 members (excludes halogenated alkanes) is 1. The van der Waals surface area contributed by atoms with E-state index in [2.05, 4.69) is 26.9 Å². The summed E-state index contributed by atoms with van der Waals surface area (Å²) in [7, 11) is -4.01. The predicted molar refractivity (Wildman–Crippen MR) is 134 cm³/mol. The summed E-state index contributed by atoms with van der Waals surface area (Å²) in [5.74, 6) is 5.60. The third-order valence-electron chi connectivity index (χ3n) is 4.77. The van der Waals surface area contributed by atoms with Gasteiger partial charge in [-0.1, -0.05) is 42.2 Å². The number of carbonyl (C=O) groups is 1. The number of carboxylic acids is 1. The monoisotopic (exact) mass is 493 g/mol. The summed E-state index contributed by atoms with van der Waals surface area (Å²) in [6.45, 7) is 1.17. The zero-order valence-electron chi connectivity index (χ0n) is 19.1. The molecule has 35 heavy (non-hydrogen) atoms. The lowest BCUT2D eigenvalue weighted by molar-refractivity contribution is -0.137. The molecule has 1 heterocycles. The fourth-order valence-corrected chi connectivity index (χ4v) is 4.26. The molecule has 2 aromatic carbocycles. The predicted octanol–water partition coefficient (Wildman–Crippen LogP) is 3.53. The van der Waals surface area contributed by atoms with Crippen molar-refractivity contribution in [1.29, 1.82) is 0 Å². The molecular weight excluding hydrogens is 466 g/mol. The van der Waals surface area contributed by atoms with Crippen molar-refractivity contribution in [3.05, 3.63) is 84.6 Å². The average Bonchev–Trinajstić information content (AvgIpc) is 2.85. The number of aromatic nitrogens is 1. The van der Waals surface area contributed by atoms with Crippen LogP contribution in [0.3, 0.4) is 0 Å². The van der Waals surface area contributed by atoms with E-state index in [-0.39, 0.29) is 4.90 Å². The number of pyridine rings is 1. The van der Waals surface area contributed by atoms with Crippen LogP contribution < -0.4 is 14.8 Å². The number of hydrogen-bond donors (Lipinski definition) is 3. The number of aliphatic carboxylic acids is 1. The van der Waals surface area contributed by atoms with E-state index in [1.807, 2.05) is 24.3 Å². The number of benzene rings is 2. The molecule has 8 nitrogen and oxygen atoms in total. The minimum Gasteiger partial charge on any atom is -0.494 e. The number of sulfonamides is 1. The first-order chi connectivity index (χ1) is 16.9. The molecule has 3 rings (SSSR count). The van der Waals surface area contributed by atoms with Gasteiger partial charge < -0.3 is 15.2 Å². The van der Waals surface area contributed by atoms with Gasteiger partial charge in [0.25, 0.3) is 0 Å². The summed E-state index contributed by atoms with van der Waals surface area (Å²) in [6.07, 6.45) is 2.88. The number of anilines is 1. The molecule has 0 unspecified atom stereocenters. The Morgan fingerprint density at radius 3 is 2.57 bits per heavy atom. The van der Waals surface area contributed by atoms with E-state index in [0.717, 1.165) is 25.2 Å². The van der Waals surface area contributed by atoms with Gasteiger partial charge in [0.2, 0.25) is 10.0 Å². The highest BCUT2D eigenvalue weighted by atomic mass is 32.2. The molecule has 0 radical (unpaired) electrons. The fraction of sp³-hybridized carbons (Fsp3) is 0.231. The van der Waals surface area contributed by atoms with Gasteiger partial charge >= 0.3 is 5.97 Å². The first-order valence-corrected chi connectivity index (χ1v) is 12.6. The van der Waals surface area contributed by atoms with E-state index < -0.39 is 28.5 Å². The van der Waals surface area contributed by atoms with Crippen LogP contribution in [0.2, 0.25) is 0 Å². The van der Waals surface area contributed by atoms with Gasteiger partial charge in [0.15, 0.2) is 0 Å². The maximum atomic E-state index is 12.9. The van der Waals surface area contributed by atoms with Crippen molar-refractivity contribution in [2.45, 2.75) is 30.2 Å². The van der Waals surface area contributed by atoms with Crippen LogP contribution in [0.5, 0.6) is 5.75 Å². The lowest BCUT2D eigenvalue weighted by Crippen LogP contribution is -2.35. The number of rotatable bonds is 12. The number of ether oxygens (including phenoxy) is 1. The molecule has 0 amide bonds. The Morgan fingerprint density at radius 2 is 1.83 bits per heavy atom. The summed E-state index contributed by atoms with van der Waals surface area (Å²) in [5, 5.41) is 12.4. The van der Waals surface area contributed by atoms with Gasteiger partial charge in [0.1, 0.15) is 11.6 Å². The Bertz CT molecular complexity index is 1260. The summed E-state index contributed by atoms with van der Waals surface area (Å²) in [6, 6.07) is 19.6. The van der Waals surface area contributed by atoms with Crippen LogP contribution in [0.25, 0.3) is 0 Å². The number of nitrogens with zero attached hydrogens (tertiary/aromatic N) is 1. The molecule has 0 spiro atoms. The van der Waals surface area contributed by atoms with E-state index in [0.29, 0.717) is 17.9 Å². The third kappa shape index (κ3) is 9.12. The van der Waals surface area contributed by atoms with Crippen molar-refractivity contribution in [2.24, 2.45) is 0 Å². The van der Waals surface area contributed by atoms with E-state index in [1.54, 1.807) is 42.6 Å². The number of nitrogens with one attached hydrogen (secondary N) is 2. The molecule has 0 saturated heterocycles. The van der Waals surface area contributed by atoms with E-state index in [1.165, 1.54) is 12.1 Å². The Labute approximate surface area is 205 Å². The highest BCUT2D eigenvalue weighted by Gasteiger charge is 2.21. The smallest absolute Gasteiger partial charge is 0.305 e. The van der Waals surface area contributed by atoms with Gasteiger partial charge in [-0.3, -0.25) is 4.79 Å². The second-order valence-corrected chi connectivity index (χ2v) is 9.29. The van der Waals surface area contributed by atoms with Crippen molar-refractivity contribution in [1.82, 2.24) is 9.71 Å². The molecule has 0 bridgehead atoms. The van der Waals surface area contributed by atoms with Crippen LogP contribution in [0, 0.1) is 11.8 Å². The minimum atomic E-state index is -4.01. The van der Waals surface area contributed by atoms with Gasteiger partial charge in [0, 0.05) is 24.4 Å². The molecule has 3 aromatic rings. The second kappa shape index (κ2) is 13.1. The van der Waals surface area contributed by atoms with Gasteiger partial charge in [-0.05, 0) is 49.2 Å². The molecule has 1 aromatic heterocycles. The van der Waals surface area contributed by atoms with Gasteiger partial charge in [-0.2, -0.15) is 4.72 Å². The Hall–Kier alpha value is -3.87. The Morgan fingerprint density at radius 1 is 1.03 bits per heavy atom. The highest BCUT2D eigenvalue weighted by molar-refractivity contribution is 7.89. The maximum absolute atomic E-state index is 12.9. The minimum absolute atomic E-state index is 0.0243. The fourth-order valence-electron chi connectivity index (χ4n) is 3.08. The van der Waals surface area contributed by atoms with E-state index >= 15 is 0 Å². The lowest BCUT2D eigenvalue weighted by Gasteiger charge is -2.13. The molecule has 0 aliphatic rings. The van der Waals surface area contributed by atoms with Gasteiger partial charge in [0.05, 0.1) is 24.0 Å². The molecule has 182 valence electrons. The van der Waals surface area contributed by atoms with Crippen LogP contribution in [-0.4, -0.2) is 43.7 Å². The largest absolute Gasteiger partial charge is 0.494 e. The Balaban J connectivity index is 1.55. The molecule has 0 aliphatic heterocycles. The van der Waals surface area contributed by atoms with Gasteiger partial charge in [-0.25, -0.2) is 13.4 Å². The molecule has 0 saturated carbocycles. The molecule has 3 N–H and O–H groups in total. The Kier molecular flexibility index (Phi) is 9.66. The first-order valence-electron chi connectivity index (χ1n) is 11.1. The van der Waals surface area contributed by atoms with Crippen molar-refractivity contribution < 1.29 is 23.1 Å². The standard InChI is InChI=1S/C26H27N3O5S/c30-26(31)19-22(15-14-21-9-2-1-3-10-21)29-35(32,33)24-12-8-11-23(20-24)34-18-7-6-17-28-25-13-4-5-16-27-25/h1-5,8-13,16,20,22,29H,6-7,17-19H2,(H,27,28)(H,30,31)/t22-/m1/s1. The molecule has 1 atom stereocenters. The van der Waals surface area contributed by atoms with Gasteiger partial charge in [-0.15, -0.1) is 0 Å². The average molecular weight is 494 g/mol. The highest BCUT2D eigenvalue weighted by Crippen LogP contribution is 2.18. The molecule has 9 heteroatoms. The van der Waals surface area contributed by atoms with E-state index in [4.69, 9.17) is 4.74 Å². The summed E-state index contributed by atoms with van der Waals surface area (Å²) in [5.41, 5.74) is 0.660. The topological polar surface area (TPSA) is 118 Å². The number of hydrogen-bond acceptors (Lipinski definition) is 6.